The van der Waals surface area contributed by atoms with Gasteiger partial charge in [-0.15, -0.1) is 0 Å². The molecule has 0 radical (unpaired) electrons. The van der Waals surface area contributed by atoms with Gasteiger partial charge in [0.2, 0.25) is 0 Å². The fraction of sp³-hybridized carbons (Fsp3) is 0.444. The Kier molecular flexibility index (Phi) is 4.65. The number of hydrogen-bond donors (Lipinski definition) is 1. The van der Waals surface area contributed by atoms with Crippen molar-refractivity contribution in [2.75, 3.05) is 32.1 Å². The van der Waals surface area contributed by atoms with Crippen molar-refractivity contribution in [3.63, 3.8) is 0 Å². The highest BCUT2D eigenvalue weighted by Crippen LogP contribution is 2.23. The van der Waals surface area contributed by atoms with E-state index in [2.05, 4.69) is 27.0 Å². The van der Waals surface area contributed by atoms with Crippen LogP contribution in [0.4, 0.5) is 5.82 Å². The molecular formula is C18H25N5. The fourth-order valence-corrected chi connectivity index (χ4v) is 2.98. The Hall–Kier alpha value is -2.30. The zero-order valence-electron chi connectivity index (χ0n) is 14.0. The molecule has 2 N–H and O–H groups in total. The second-order valence-corrected chi connectivity index (χ2v) is 6.27. The van der Waals surface area contributed by atoms with Crippen LogP contribution < -0.4 is 10.6 Å². The van der Waals surface area contributed by atoms with E-state index in [9.17, 15) is 0 Å². The van der Waals surface area contributed by atoms with Crippen molar-refractivity contribution in [2.45, 2.75) is 25.8 Å². The molecule has 0 spiro atoms. The summed E-state index contributed by atoms with van der Waals surface area (Å²) in [5, 5.41) is 1.15. The number of likely N-dealkylation sites (tertiary alicyclic amines) is 1. The van der Waals surface area contributed by atoms with E-state index in [1.54, 1.807) is 0 Å². The second-order valence-electron chi connectivity index (χ2n) is 6.27. The molecule has 1 aromatic heterocycles. The normalized spacial score (nSPS) is 15.9. The van der Waals surface area contributed by atoms with Crippen LogP contribution in [0.25, 0.3) is 10.9 Å². The highest BCUT2D eigenvalue weighted by Gasteiger charge is 2.12. The number of pyridine rings is 1. The van der Waals surface area contributed by atoms with Gasteiger partial charge in [-0.05, 0) is 37.0 Å². The summed E-state index contributed by atoms with van der Waals surface area (Å²) in [5.41, 5.74) is 8.35. The average molecular weight is 311 g/mol. The molecule has 122 valence electrons. The summed E-state index contributed by atoms with van der Waals surface area (Å²) in [4.78, 5) is 13.5. The number of anilines is 1. The van der Waals surface area contributed by atoms with Gasteiger partial charge in [-0.2, -0.15) is 0 Å². The van der Waals surface area contributed by atoms with Crippen molar-refractivity contribution in [3.05, 3.63) is 35.9 Å². The molecule has 0 atom stereocenters. The Bertz CT molecular complexity index is 702. The van der Waals surface area contributed by atoms with Crippen LogP contribution in [0.1, 0.15) is 24.8 Å². The van der Waals surface area contributed by atoms with E-state index in [1.165, 1.54) is 24.8 Å². The van der Waals surface area contributed by atoms with E-state index in [-0.39, 0.29) is 0 Å². The van der Waals surface area contributed by atoms with Gasteiger partial charge in [0.15, 0.2) is 5.96 Å². The molecular weight excluding hydrogens is 286 g/mol. The van der Waals surface area contributed by atoms with Crippen LogP contribution in [0.3, 0.4) is 0 Å². The van der Waals surface area contributed by atoms with Crippen LogP contribution >= 0.6 is 0 Å². The molecule has 1 fully saturated rings. The van der Waals surface area contributed by atoms with Gasteiger partial charge in [0.25, 0.3) is 0 Å². The topological polar surface area (TPSA) is 57.8 Å². The Morgan fingerprint density at radius 2 is 1.96 bits per heavy atom. The number of benzene rings is 1. The van der Waals surface area contributed by atoms with Crippen molar-refractivity contribution in [1.82, 2.24) is 9.88 Å². The number of aromatic nitrogens is 1. The molecule has 1 aromatic carbocycles. The molecule has 1 aliphatic rings. The second kappa shape index (κ2) is 6.86. The number of hydrogen-bond acceptors (Lipinski definition) is 3. The number of nitrogens with two attached hydrogens (primary N) is 1. The number of guanidine groups is 1. The van der Waals surface area contributed by atoms with Gasteiger partial charge in [-0.25, -0.2) is 9.98 Å². The number of para-hydroxylation sites is 1. The number of piperidine rings is 1. The lowest BCUT2D eigenvalue weighted by atomic mass is 10.1. The van der Waals surface area contributed by atoms with Crippen LogP contribution in [0.15, 0.2) is 35.3 Å². The largest absolute Gasteiger partial charge is 0.370 e. The molecule has 0 bridgehead atoms. The Morgan fingerprint density at radius 3 is 2.70 bits per heavy atom. The monoisotopic (exact) mass is 311 g/mol. The summed E-state index contributed by atoms with van der Waals surface area (Å²) in [6, 6.07) is 10.3. The standard InChI is InChI=1S/C18H25N5/c1-22(2)17-12-14(15-8-4-5-9-16(15)21-17)13-20-18(19)23-10-6-3-7-11-23/h4-5,8-9,12H,3,6-7,10-11,13H2,1-2H3,(H2,19,20). The Morgan fingerprint density at radius 1 is 1.22 bits per heavy atom. The molecule has 23 heavy (non-hydrogen) atoms. The molecule has 5 heteroatoms. The van der Waals surface area contributed by atoms with Crippen LogP contribution in [0.2, 0.25) is 0 Å². The third kappa shape index (κ3) is 3.55. The lowest BCUT2D eigenvalue weighted by molar-refractivity contribution is 0.338. The van der Waals surface area contributed by atoms with Crippen molar-refractivity contribution in [1.29, 1.82) is 0 Å². The van der Waals surface area contributed by atoms with Gasteiger partial charge >= 0.3 is 0 Å². The highest BCUT2D eigenvalue weighted by molar-refractivity contribution is 5.84. The molecule has 0 saturated carbocycles. The molecule has 0 unspecified atom stereocenters. The van der Waals surface area contributed by atoms with Gasteiger partial charge < -0.3 is 15.5 Å². The van der Waals surface area contributed by atoms with Gasteiger partial charge in [0.05, 0.1) is 12.1 Å². The van der Waals surface area contributed by atoms with Crippen molar-refractivity contribution in [2.24, 2.45) is 10.7 Å². The first-order valence-electron chi connectivity index (χ1n) is 8.26. The van der Waals surface area contributed by atoms with Crippen LogP contribution in [0, 0.1) is 0 Å². The van der Waals surface area contributed by atoms with E-state index >= 15 is 0 Å². The van der Waals surface area contributed by atoms with E-state index in [0.29, 0.717) is 12.5 Å². The van der Waals surface area contributed by atoms with Crippen molar-refractivity contribution in [3.8, 4) is 0 Å². The minimum atomic E-state index is 0.589. The molecule has 2 aromatic rings. The summed E-state index contributed by atoms with van der Waals surface area (Å²) in [7, 11) is 4.01. The Labute approximate surface area is 137 Å². The summed E-state index contributed by atoms with van der Waals surface area (Å²) in [5.74, 6) is 1.61. The van der Waals surface area contributed by atoms with E-state index in [4.69, 9.17) is 5.73 Å². The number of rotatable bonds is 3. The minimum Gasteiger partial charge on any atom is -0.370 e. The summed E-state index contributed by atoms with van der Waals surface area (Å²) in [6.07, 6.45) is 3.71. The van der Waals surface area contributed by atoms with E-state index in [0.717, 1.165) is 29.8 Å². The first-order valence-corrected chi connectivity index (χ1v) is 8.26. The van der Waals surface area contributed by atoms with Crippen LogP contribution in [0.5, 0.6) is 0 Å². The molecule has 2 heterocycles. The van der Waals surface area contributed by atoms with Crippen molar-refractivity contribution >= 4 is 22.7 Å². The predicted octanol–water partition coefficient (Wildman–Crippen LogP) is 2.60. The zero-order chi connectivity index (χ0) is 16.2. The maximum atomic E-state index is 6.19. The molecule has 0 amide bonds. The summed E-state index contributed by atoms with van der Waals surface area (Å²) in [6.45, 7) is 2.64. The van der Waals surface area contributed by atoms with Gasteiger partial charge in [0.1, 0.15) is 5.82 Å². The van der Waals surface area contributed by atoms with Crippen molar-refractivity contribution < 1.29 is 0 Å². The Balaban J connectivity index is 1.89. The minimum absolute atomic E-state index is 0.589. The molecule has 5 nitrogen and oxygen atoms in total. The molecule has 1 aliphatic heterocycles. The smallest absolute Gasteiger partial charge is 0.191 e. The first-order chi connectivity index (χ1) is 11.1. The zero-order valence-corrected chi connectivity index (χ0v) is 14.0. The predicted molar refractivity (Wildman–Crippen MR) is 96.8 cm³/mol. The van der Waals surface area contributed by atoms with Crippen LogP contribution in [-0.2, 0) is 6.54 Å². The SMILES string of the molecule is CN(C)c1cc(CN=C(N)N2CCCCC2)c2ccccc2n1. The number of aliphatic imine (C=N–C) groups is 1. The molecule has 0 aliphatic carbocycles. The number of nitrogens with zero attached hydrogens (tertiary/aromatic N) is 4. The van der Waals surface area contributed by atoms with E-state index in [1.807, 2.05) is 37.2 Å². The third-order valence-corrected chi connectivity index (χ3v) is 4.34. The quantitative estimate of drug-likeness (QED) is 0.699. The van der Waals surface area contributed by atoms with Gasteiger partial charge in [-0.3, -0.25) is 0 Å². The molecule has 3 rings (SSSR count). The average Bonchev–Trinajstić information content (AvgIpc) is 2.59. The number of fused-ring (bicyclic) bond motifs is 1. The third-order valence-electron chi connectivity index (χ3n) is 4.34. The van der Waals surface area contributed by atoms with Gasteiger partial charge in [0, 0.05) is 32.6 Å². The lowest BCUT2D eigenvalue weighted by Crippen LogP contribution is -2.40. The lowest BCUT2D eigenvalue weighted by Gasteiger charge is -2.27. The summed E-state index contributed by atoms with van der Waals surface area (Å²) >= 11 is 0. The molecule has 1 saturated heterocycles. The van der Waals surface area contributed by atoms with Gasteiger partial charge in [-0.1, -0.05) is 18.2 Å². The maximum Gasteiger partial charge on any atom is 0.191 e. The highest BCUT2D eigenvalue weighted by atomic mass is 15.2. The van der Waals surface area contributed by atoms with Crippen LogP contribution in [-0.4, -0.2) is 43.0 Å². The van der Waals surface area contributed by atoms with E-state index < -0.39 is 0 Å². The first kappa shape index (κ1) is 15.6. The summed E-state index contributed by atoms with van der Waals surface area (Å²) < 4.78 is 0. The maximum absolute atomic E-state index is 6.19. The fourth-order valence-electron chi connectivity index (χ4n) is 2.98.